The van der Waals surface area contributed by atoms with Crippen molar-refractivity contribution in [3.05, 3.63) is 0 Å². The molecule has 1 saturated carbocycles. The van der Waals surface area contributed by atoms with Crippen LogP contribution in [0.1, 0.15) is 33.6 Å². The van der Waals surface area contributed by atoms with Crippen molar-refractivity contribution in [3.8, 4) is 0 Å². The maximum Gasteiger partial charge on any atom is 0.303 e. The number of esters is 1. The minimum atomic E-state index is -0.749. The highest BCUT2D eigenvalue weighted by atomic mass is 16.6. The topological polar surface area (TPSA) is 43.4 Å². The smallest absolute Gasteiger partial charge is 0.303 e. The van der Waals surface area contributed by atoms with Crippen molar-refractivity contribution in [1.29, 1.82) is 0 Å². The van der Waals surface area contributed by atoms with Gasteiger partial charge in [0.15, 0.2) is 11.4 Å². The van der Waals surface area contributed by atoms with Crippen LogP contribution >= 0.6 is 0 Å². The molecule has 12 heavy (non-hydrogen) atoms. The van der Waals surface area contributed by atoms with E-state index in [-0.39, 0.29) is 17.7 Å². The lowest BCUT2D eigenvalue weighted by Crippen LogP contribution is -2.28. The Hall–Kier alpha value is -0.860. The van der Waals surface area contributed by atoms with Gasteiger partial charge in [0.05, 0.1) is 6.42 Å². The third-order valence-corrected chi connectivity index (χ3v) is 2.50. The molecular weight excluding hydrogens is 156 g/mol. The molecule has 0 aromatic heterocycles. The molecule has 1 rings (SSSR count). The summed E-state index contributed by atoms with van der Waals surface area (Å²) in [4.78, 5) is 21.8. The Balaban J connectivity index is 2.65. The van der Waals surface area contributed by atoms with Crippen molar-refractivity contribution in [2.75, 3.05) is 0 Å². The van der Waals surface area contributed by atoms with Crippen LogP contribution in [0.15, 0.2) is 0 Å². The van der Waals surface area contributed by atoms with Gasteiger partial charge >= 0.3 is 5.97 Å². The van der Waals surface area contributed by atoms with Gasteiger partial charge in [-0.15, -0.1) is 0 Å². The van der Waals surface area contributed by atoms with Crippen LogP contribution in [0, 0.1) is 5.92 Å². The number of carbonyl (C=O) groups is 2. The van der Waals surface area contributed by atoms with Gasteiger partial charge < -0.3 is 4.74 Å². The highest BCUT2D eigenvalue weighted by Crippen LogP contribution is 2.43. The average Bonchev–Trinajstić information content (AvgIpc) is 2.60. The summed E-state index contributed by atoms with van der Waals surface area (Å²) in [5.41, 5.74) is -0.749. The lowest BCUT2D eigenvalue weighted by Gasteiger charge is -2.19. The molecule has 3 nitrogen and oxygen atoms in total. The molecule has 1 fully saturated rings. The van der Waals surface area contributed by atoms with E-state index in [9.17, 15) is 9.59 Å². The first kappa shape index (κ1) is 9.23. The summed E-state index contributed by atoms with van der Waals surface area (Å²) in [7, 11) is 0. The standard InChI is InChI=1S/C9H14O3/c1-4-6(2)9(5-8(9)11)12-7(3)10/h6H,4-5H2,1-3H3. The Labute approximate surface area is 72.1 Å². The summed E-state index contributed by atoms with van der Waals surface area (Å²) in [6.45, 7) is 5.27. The maximum absolute atomic E-state index is 11.1. The first-order chi connectivity index (χ1) is 5.53. The molecule has 2 unspecified atom stereocenters. The third-order valence-electron chi connectivity index (χ3n) is 2.50. The van der Waals surface area contributed by atoms with Crippen LogP contribution in [0.5, 0.6) is 0 Å². The van der Waals surface area contributed by atoms with Gasteiger partial charge in [-0.1, -0.05) is 13.8 Å². The van der Waals surface area contributed by atoms with Crippen molar-refractivity contribution in [3.63, 3.8) is 0 Å². The predicted molar refractivity (Wildman–Crippen MR) is 43.6 cm³/mol. The van der Waals surface area contributed by atoms with Crippen molar-refractivity contribution >= 4 is 11.8 Å². The molecule has 1 aliphatic rings. The fourth-order valence-electron chi connectivity index (χ4n) is 1.42. The van der Waals surface area contributed by atoms with Crippen molar-refractivity contribution in [2.45, 2.75) is 39.2 Å². The highest BCUT2D eigenvalue weighted by Gasteiger charge is 2.60. The number of hydrogen-bond donors (Lipinski definition) is 0. The van der Waals surface area contributed by atoms with Crippen molar-refractivity contribution in [2.24, 2.45) is 5.92 Å². The Morgan fingerprint density at radius 1 is 1.75 bits per heavy atom. The van der Waals surface area contributed by atoms with Gasteiger partial charge in [0, 0.05) is 12.8 Å². The molecule has 0 spiro atoms. The molecular formula is C9H14O3. The van der Waals surface area contributed by atoms with Gasteiger partial charge in [-0.3, -0.25) is 9.59 Å². The molecule has 0 bridgehead atoms. The van der Waals surface area contributed by atoms with Gasteiger partial charge in [0.25, 0.3) is 0 Å². The second-order valence-corrected chi connectivity index (χ2v) is 3.39. The lowest BCUT2D eigenvalue weighted by atomic mass is 9.99. The van der Waals surface area contributed by atoms with Crippen molar-refractivity contribution in [1.82, 2.24) is 0 Å². The van der Waals surface area contributed by atoms with Gasteiger partial charge in [0.1, 0.15) is 0 Å². The molecule has 0 amide bonds. The summed E-state index contributed by atoms with van der Waals surface area (Å²) >= 11 is 0. The molecule has 0 radical (unpaired) electrons. The SMILES string of the molecule is CCC(C)C1(OC(C)=O)CC1=O. The Bertz CT molecular complexity index is 222. The van der Waals surface area contributed by atoms with E-state index >= 15 is 0 Å². The molecule has 0 aromatic rings. The van der Waals surface area contributed by atoms with E-state index in [2.05, 4.69) is 0 Å². The van der Waals surface area contributed by atoms with Crippen molar-refractivity contribution < 1.29 is 14.3 Å². The van der Waals surface area contributed by atoms with E-state index in [0.29, 0.717) is 6.42 Å². The van der Waals surface area contributed by atoms with E-state index < -0.39 is 5.60 Å². The van der Waals surface area contributed by atoms with Gasteiger partial charge in [0.2, 0.25) is 0 Å². The number of carbonyl (C=O) groups excluding carboxylic acids is 2. The Morgan fingerprint density at radius 3 is 2.50 bits per heavy atom. The van der Waals surface area contributed by atoms with Gasteiger partial charge in [-0.05, 0) is 6.42 Å². The van der Waals surface area contributed by atoms with Crippen LogP contribution in [-0.4, -0.2) is 17.4 Å². The third kappa shape index (κ3) is 1.36. The molecule has 0 N–H and O–H groups in total. The van der Waals surface area contributed by atoms with Crippen LogP contribution in [0.25, 0.3) is 0 Å². The van der Waals surface area contributed by atoms with Gasteiger partial charge in [-0.2, -0.15) is 0 Å². The molecule has 68 valence electrons. The number of ketones is 1. The molecule has 0 aliphatic heterocycles. The van der Waals surface area contributed by atoms with E-state index in [1.165, 1.54) is 6.92 Å². The molecule has 0 aromatic carbocycles. The first-order valence-electron chi connectivity index (χ1n) is 4.25. The van der Waals surface area contributed by atoms with E-state index in [0.717, 1.165) is 6.42 Å². The average molecular weight is 170 g/mol. The molecule has 0 heterocycles. The maximum atomic E-state index is 11.1. The number of rotatable bonds is 3. The predicted octanol–water partition coefficient (Wildman–Crippen LogP) is 1.31. The molecule has 2 atom stereocenters. The normalized spacial score (nSPS) is 29.8. The second kappa shape index (κ2) is 2.88. The van der Waals surface area contributed by atoms with Gasteiger partial charge in [-0.25, -0.2) is 0 Å². The lowest BCUT2D eigenvalue weighted by molar-refractivity contribution is -0.154. The van der Waals surface area contributed by atoms with E-state index in [1.54, 1.807) is 0 Å². The second-order valence-electron chi connectivity index (χ2n) is 3.39. The summed E-state index contributed by atoms with van der Waals surface area (Å²) in [6, 6.07) is 0. The van der Waals surface area contributed by atoms with Crippen LogP contribution in [0.4, 0.5) is 0 Å². The fraction of sp³-hybridized carbons (Fsp3) is 0.778. The van der Waals surface area contributed by atoms with E-state index in [4.69, 9.17) is 4.74 Å². The first-order valence-corrected chi connectivity index (χ1v) is 4.25. The Morgan fingerprint density at radius 2 is 2.25 bits per heavy atom. The zero-order valence-corrected chi connectivity index (χ0v) is 7.72. The Kier molecular flexibility index (Phi) is 2.22. The van der Waals surface area contributed by atoms with Crippen LogP contribution < -0.4 is 0 Å². The van der Waals surface area contributed by atoms with Crippen LogP contribution in [0.2, 0.25) is 0 Å². The summed E-state index contributed by atoms with van der Waals surface area (Å²) < 4.78 is 5.03. The molecule has 1 aliphatic carbocycles. The number of hydrogen-bond acceptors (Lipinski definition) is 3. The number of Topliss-reactive ketones (excluding diaryl/α,β-unsaturated/α-hetero) is 1. The molecule has 0 saturated heterocycles. The monoisotopic (exact) mass is 170 g/mol. The van der Waals surface area contributed by atoms with Crippen LogP contribution in [0.3, 0.4) is 0 Å². The minimum Gasteiger partial charge on any atom is -0.450 e. The minimum absolute atomic E-state index is 0.0621. The number of ether oxygens (including phenoxy) is 1. The highest BCUT2D eigenvalue weighted by molar-refractivity contribution is 6.05. The van der Waals surface area contributed by atoms with E-state index in [1.807, 2.05) is 13.8 Å². The largest absolute Gasteiger partial charge is 0.450 e. The summed E-state index contributed by atoms with van der Waals surface area (Å²) in [6.07, 6.45) is 1.26. The zero-order chi connectivity index (χ0) is 9.35. The zero-order valence-electron chi connectivity index (χ0n) is 7.72. The fourth-order valence-corrected chi connectivity index (χ4v) is 1.42. The van der Waals surface area contributed by atoms with Crippen LogP contribution in [-0.2, 0) is 14.3 Å². The summed E-state index contributed by atoms with van der Waals surface area (Å²) in [5, 5.41) is 0. The summed E-state index contributed by atoms with van der Waals surface area (Å²) in [5.74, 6) is -0.151. The molecule has 3 heteroatoms. The quantitative estimate of drug-likeness (QED) is 0.600.